The molecule has 0 bridgehead atoms. The molecule has 2 atom stereocenters. The van der Waals surface area contributed by atoms with Crippen LogP contribution in [0.15, 0.2) is 0 Å². The normalized spacial score (nSPS) is 15.1. The fourth-order valence-corrected chi connectivity index (χ4v) is 5.47. The van der Waals surface area contributed by atoms with Crippen LogP contribution in [0.3, 0.4) is 0 Å². The van der Waals surface area contributed by atoms with E-state index in [1.165, 1.54) is 0 Å². The molecule has 1 N–H and O–H groups in total. The standard InChI is InChI=1S/C16H35NO5Si/c1-9-13(5)14(17-15(18)22-16(6,7)8)23(19-10-2,20-11-3)21-12-4/h13-14H,9-12H2,1-8H3,(H,17,18). The lowest BCUT2D eigenvalue weighted by Crippen LogP contribution is -2.65. The zero-order valence-electron chi connectivity index (χ0n) is 16.0. The molecule has 23 heavy (non-hydrogen) atoms. The van der Waals surface area contributed by atoms with Crippen molar-refractivity contribution in [1.82, 2.24) is 5.32 Å². The highest BCUT2D eigenvalue weighted by atomic mass is 28.4. The van der Waals surface area contributed by atoms with Crippen LogP contribution < -0.4 is 5.32 Å². The summed E-state index contributed by atoms with van der Waals surface area (Å²) in [5.41, 5.74) is -0.904. The average molecular weight is 350 g/mol. The molecule has 0 heterocycles. The van der Waals surface area contributed by atoms with E-state index in [0.717, 1.165) is 6.42 Å². The summed E-state index contributed by atoms with van der Waals surface area (Å²) in [4.78, 5) is 12.3. The van der Waals surface area contributed by atoms with Crippen molar-refractivity contribution < 1.29 is 22.8 Å². The van der Waals surface area contributed by atoms with E-state index in [1.54, 1.807) is 0 Å². The number of hydrogen-bond donors (Lipinski definition) is 1. The summed E-state index contributed by atoms with van der Waals surface area (Å²) in [6, 6.07) is 0. The summed E-state index contributed by atoms with van der Waals surface area (Å²) in [7, 11) is -3.06. The van der Waals surface area contributed by atoms with Crippen molar-refractivity contribution in [1.29, 1.82) is 0 Å². The molecule has 0 aromatic heterocycles. The Morgan fingerprint density at radius 1 is 1.00 bits per heavy atom. The molecule has 0 aliphatic carbocycles. The van der Waals surface area contributed by atoms with E-state index in [0.29, 0.717) is 19.8 Å². The number of amides is 1. The zero-order valence-corrected chi connectivity index (χ0v) is 17.0. The summed E-state index contributed by atoms with van der Waals surface area (Å²) < 4.78 is 23.3. The van der Waals surface area contributed by atoms with Gasteiger partial charge in [0.05, 0.1) is 0 Å². The van der Waals surface area contributed by atoms with E-state index in [-0.39, 0.29) is 11.6 Å². The van der Waals surface area contributed by atoms with Crippen LogP contribution in [0.25, 0.3) is 0 Å². The Kier molecular flexibility index (Phi) is 9.99. The zero-order chi connectivity index (χ0) is 18.1. The molecule has 0 aliphatic rings. The third-order valence-corrected chi connectivity index (χ3v) is 6.85. The first kappa shape index (κ1) is 22.4. The van der Waals surface area contributed by atoms with Crippen molar-refractivity contribution in [2.24, 2.45) is 5.92 Å². The van der Waals surface area contributed by atoms with Crippen LogP contribution in [0, 0.1) is 5.92 Å². The second kappa shape index (κ2) is 10.3. The van der Waals surface area contributed by atoms with Gasteiger partial charge in [-0.15, -0.1) is 0 Å². The van der Waals surface area contributed by atoms with Gasteiger partial charge in [-0.2, -0.15) is 0 Å². The van der Waals surface area contributed by atoms with E-state index in [9.17, 15) is 4.79 Å². The van der Waals surface area contributed by atoms with Gasteiger partial charge in [0.15, 0.2) is 0 Å². The van der Waals surface area contributed by atoms with Crippen molar-refractivity contribution in [3.05, 3.63) is 0 Å². The molecule has 0 aromatic rings. The molecular formula is C16H35NO5Si. The predicted octanol–water partition coefficient (Wildman–Crippen LogP) is 3.51. The Morgan fingerprint density at radius 3 is 1.74 bits per heavy atom. The van der Waals surface area contributed by atoms with Crippen LogP contribution in [-0.2, 0) is 18.0 Å². The lowest BCUT2D eigenvalue weighted by molar-refractivity contribution is 0.0325. The van der Waals surface area contributed by atoms with E-state index in [1.807, 2.05) is 41.5 Å². The fraction of sp³-hybridized carbons (Fsp3) is 0.938. The number of carbonyl (C=O) groups is 1. The average Bonchev–Trinajstić information content (AvgIpc) is 2.42. The summed E-state index contributed by atoms with van der Waals surface area (Å²) in [6.45, 7) is 16.7. The van der Waals surface area contributed by atoms with Gasteiger partial charge < -0.3 is 23.3 Å². The van der Waals surface area contributed by atoms with Crippen LogP contribution in [0.4, 0.5) is 4.79 Å². The summed E-state index contributed by atoms with van der Waals surface area (Å²) in [5, 5.41) is 2.95. The second-order valence-electron chi connectivity index (χ2n) is 6.41. The highest BCUT2D eigenvalue weighted by Gasteiger charge is 2.52. The molecule has 0 saturated carbocycles. The molecule has 7 heteroatoms. The van der Waals surface area contributed by atoms with Crippen LogP contribution in [0.2, 0.25) is 0 Å². The van der Waals surface area contributed by atoms with Gasteiger partial charge in [-0.3, -0.25) is 0 Å². The topological polar surface area (TPSA) is 66.0 Å². The maximum atomic E-state index is 12.3. The minimum absolute atomic E-state index is 0.138. The van der Waals surface area contributed by atoms with Gasteiger partial charge in [0.2, 0.25) is 0 Å². The SMILES string of the molecule is CCO[Si](OCC)(OCC)C(NC(=O)OC(C)(C)C)C(C)CC. The fourth-order valence-electron chi connectivity index (χ4n) is 2.25. The maximum absolute atomic E-state index is 12.3. The molecule has 6 nitrogen and oxygen atoms in total. The molecule has 0 spiro atoms. The molecule has 0 fully saturated rings. The van der Waals surface area contributed by atoms with Gasteiger partial charge in [0.1, 0.15) is 11.3 Å². The number of carbonyl (C=O) groups excluding carboxylic acids is 1. The Hall–Kier alpha value is -0.633. The lowest BCUT2D eigenvalue weighted by Gasteiger charge is -2.38. The summed E-state index contributed by atoms with van der Waals surface area (Å²) in [5.74, 6) is 0.138. The molecule has 1 amide bonds. The first-order chi connectivity index (χ1) is 10.7. The van der Waals surface area contributed by atoms with Crippen molar-refractivity contribution >= 4 is 14.9 Å². The second-order valence-corrected chi connectivity index (χ2v) is 9.11. The highest BCUT2D eigenvalue weighted by Crippen LogP contribution is 2.24. The van der Waals surface area contributed by atoms with Crippen LogP contribution in [0.5, 0.6) is 0 Å². The first-order valence-corrected chi connectivity index (χ1v) is 10.4. The van der Waals surface area contributed by atoms with Gasteiger partial charge in [-0.25, -0.2) is 4.79 Å². The van der Waals surface area contributed by atoms with Crippen LogP contribution >= 0.6 is 0 Å². The number of nitrogens with one attached hydrogen (secondary N) is 1. The summed E-state index contributed by atoms with van der Waals surface area (Å²) >= 11 is 0. The van der Waals surface area contributed by atoms with E-state index < -0.39 is 20.5 Å². The summed E-state index contributed by atoms with van der Waals surface area (Å²) in [6.07, 6.45) is 0.390. The van der Waals surface area contributed by atoms with Crippen molar-refractivity contribution in [3.63, 3.8) is 0 Å². The Balaban J connectivity index is 5.46. The molecular weight excluding hydrogens is 314 g/mol. The Morgan fingerprint density at radius 2 is 1.43 bits per heavy atom. The molecule has 0 radical (unpaired) electrons. The Bertz CT molecular complexity index is 329. The molecule has 0 aliphatic heterocycles. The number of alkyl carbamates (subject to hydrolysis) is 1. The predicted molar refractivity (Wildman–Crippen MR) is 93.2 cm³/mol. The Labute approximate surface area is 142 Å². The third-order valence-electron chi connectivity index (χ3n) is 3.30. The molecule has 138 valence electrons. The van der Waals surface area contributed by atoms with Crippen molar-refractivity contribution in [3.8, 4) is 0 Å². The molecule has 0 aromatic carbocycles. The van der Waals surface area contributed by atoms with Crippen molar-refractivity contribution in [2.75, 3.05) is 19.8 Å². The molecule has 0 saturated heterocycles. The van der Waals surface area contributed by atoms with Gasteiger partial charge in [-0.1, -0.05) is 20.3 Å². The molecule has 0 rings (SSSR count). The minimum Gasteiger partial charge on any atom is -0.444 e. The van der Waals surface area contributed by atoms with Gasteiger partial charge in [0.25, 0.3) is 0 Å². The van der Waals surface area contributed by atoms with E-state index in [4.69, 9.17) is 18.0 Å². The van der Waals surface area contributed by atoms with Gasteiger partial charge in [-0.05, 0) is 47.5 Å². The molecule has 2 unspecified atom stereocenters. The number of ether oxygens (including phenoxy) is 1. The largest absolute Gasteiger partial charge is 0.524 e. The van der Waals surface area contributed by atoms with Gasteiger partial charge >= 0.3 is 14.9 Å². The first-order valence-electron chi connectivity index (χ1n) is 8.57. The number of rotatable bonds is 10. The van der Waals surface area contributed by atoms with E-state index >= 15 is 0 Å². The maximum Gasteiger partial charge on any atom is 0.524 e. The van der Waals surface area contributed by atoms with E-state index in [2.05, 4.69) is 19.2 Å². The minimum atomic E-state index is -3.06. The van der Waals surface area contributed by atoms with Crippen molar-refractivity contribution in [2.45, 2.75) is 73.1 Å². The smallest absolute Gasteiger partial charge is 0.444 e. The monoisotopic (exact) mass is 349 g/mol. The van der Waals surface area contributed by atoms with Crippen LogP contribution in [-0.4, -0.2) is 46.0 Å². The number of hydrogen-bond acceptors (Lipinski definition) is 5. The third kappa shape index (κ3) is 7.65. The highest BCUT2D eigenvalue weighted by molar-refractivity contribution is 6.62. The van der Waals surface area contributed by atoms with Gasteiger partial charge in [0, 0.05) is 19.8 Å². The lowest BCUT2D eigenvalue weighted by atomic mass is 10.1. The van der Waals surface area contributed by atoms with Crippen LogP contribution in [0.1, 0.15) is 61.8 Å². The quantitative estimate of drug-likeness (QED) is 0.611.